The molecule has 0 saturated heterocycles. The number of carbonyl (C=O) groups excluding carboxylic acids is 1. The molecule has 36 heavy (non-hydrogen) atoms. The number of nitriles is 3. The molecule has 1 amide bonds. The molecule has 0 radical (unpaired) electrons. The minimum Gasteiger partial charge on any atom is -0.395 e. The molecule has 0 spiro atoms. The summed E-state index contributed by atoms with van der Waals surface area (Å²) in [5.41, 5.74) is 2.44. The maximum absolute atomic E-state index is 12.2. The zero-order valence-corrected chi connectivity index (χ0v) is 19.1. The number of hydrogen-bond donors (Lipinski definition) is 3. The van der Waals surface area contributed by atoms with E-state index in [1.165, 1.54) is 6.08 Å². The molecule has 0 bridgehead atoms. The quantitative estimate of drug-likeness (QED) is 0.366. The van der Waals surface area contributed by atoms with Gasteiger partial charge in [0, 0.05) is 18.8 Å². The van der Waals surface area contributed by atoms with Crippen LogP contribution in [0.3, 0.4) is 0 Å². The van der Waals surface area contributed by atoms with Crippen molar-refractivity contribution in [3.63, 3.8) is 0 Å². The van der Waals surface area contributed by atoms with Crippen LogP contribution in [0.15, 0.2) is 87.3 Å². The lowest BCUT2D eigenvalue weighted by atomic mass is 10.1. The van der Waals surface area contributed by atoms with E-state index in [1.807, 2.05) is 23.1 Å². The Hall–Kier alpha value is -5.08. The van der Waals surface area contributed by atoms with Gasteiger partial charge in [0.25, 0.3) is 5.91 Å². The van der Waals surface area contributed by atoms with E-state index < -0.39 is 5.91 Å². The molecular weight excluding hydrogens is 458 g/mol. The number of carbonyl (C=O) groups is 1. The summed E-state index contributed by atoms with van der Waals surface area (Å²) in [6, 6.07) is 19.5. The van der Waals surface area contributed by atoms with E-state index in [2.05, 4.69) is 15.5 Å². The lowest BCUT2D eigenvalue weighted by Gasteiger charge is -2.22. The standard InChI is InChI=1S/C26H21N7O3/c27-15-19(16-28)25-24(17-29)23(26(36)30-25)10-3-18-1-4-20(5-2-18)31-32-21-6-8-22(9-7-21)33(11-13-34)12-14-35/h1-10,34-35H,11-14H2,(H,30,36)/b10-3+,32-31+. The van der Waals surface area contributed by atoms with Crippen molar-refractivity contribution in [2.24, 2.45) is 10.2 Å². The van der Waals surface area contributed by atoms with Gasteiger partial charge < -0.3 is 20.4 Å². The molecule has 2 aromatic carbocycles. The zero-order valence-electron chi connectivity index (χ0n) is 19.1. The van der Waals surface area contributed by atoms with Gasteiger partial charge in [-0.1, -0.05) is 18.2 Å². The van der Waals surface area contributed by atoms with Crippen molar-refractivity contribution in [3.8, 4) is 18.2 Å². The van der Waals surface area contributed by atoms with Crippen molar-refractivity contribution in [1.29, 1.82) is 15.8 Å². The van der Waals surface area contributed by atoms with E-state index in [0.717, 1.165) is 11.3 Å². The summed E-state index contributed by atoms with van der Waals surface area (Å²) in [4.78, 5) is 14.1. The van der Waals surface area contributed by atoms with Crippen molar-refractivity contribution >= 4 is 29.0 Å². The third kappa shape index (κ3) is 6.07. The molecule has 1 aliphatic heterocycles. The monoisotopic (exact) mass is 479 g/mol. The lowest BCUT2D eigenvalue weighted by molar-refractivity contribution is -0.115. The molecule has 1 aliphatic rings. The van der Waals surface area contributed by atoms with Crippen molar-refractivity contribution in [2.75, 3.05) is 31.2 Å². The first-order valence-electron chi connectivity index (χ1n) is 10.8. The van der Waals surface area contributed by atoms with Gasteiger partial charge in [-0.25, -0.2) is 0 Å². The first kappa shape index (κ1) is 25.5. The Morgan fingerprint density at radius 3 is 1.94 bits per heavy atom. The van der Waals surface area contributed by atoms with Gasteiger partial charge in [-0.15, -0.1) is 0 Å². The highest BCUT2D eigenvalue weighted by Gasteiger charge is 2.28. The van der Waals surface area contributed by atoms with Gasteiger partial charge in [0.1, 0.15) is 18.2 Å². The molecule has 0 saturated carbocycles. The summed E-state index contributed by atoms with van der Waals surface area (Å²) in [6.45, 7) is 0.804. The SMILES string of the molecule is N#CC(C#N)=C1NC(=O)C(/C=C/c2ccc(/N=N/c3ccc(N(CCO)CCO)cc3)cc2)=C1C#N. The largest absolute Gasteiger partial charge is 0.395 e. The highest BCUT2D eigenvalue weighted by Crippen LogP contribution is 2.25. The fourth-order valence-electron chi connectivity index (χ4n) is 3.38. The van der Waals surface area contributed by atoms with Crippen LogP contribution in [0.25, 0.3) is 6.08 Å². The summed E-state index contributed by atoms with van der Waals surface area (Å²) < 4.78 is 0. The van der Waals surface area contributed by atoms with Crippen LogP contribution in [-0.4, -0.2) is 42.4 Å². The number of benzene rings is 2. The minimum atomic E-state index is -0.562. The van der Waals surface area contributed by atoms with E-state index in [1.54, 1.807) is 54.6 Å². The number of aliphatic hydroxyl groups excluding tert-OH is 2. The van der Waals surface area contributed by atoms with Crippen LogP contribution in [0.2, 0.25) is 0 Å². The van der Waals surface area contributed by atoms with E-state index in [0.29, 0.717) is 24.5 Å². The van der Waals surface area contributed by atoms with Crippen molar-refractivity contribution in [3.05, 3.63) is 82.6 Å². The number of anilines is 1. The van der Waals surface area contributed by atoms with Crippen LogP contribution in [0.5, 0.6) is 0 Å². The maximum Gasteiger partial charge on any atom is 0.257 e. The number of nitrogens with one attached hydrogen (secondary N) is 1. The number of allylic oxidation sites excluding steroid dienone is 2. The predicted octanol–water partition coefficient (Wildman–Crippen LogP) is 3.16. The number of amides is 1. The average molecular weight is 480 g/mol. The molecule has 0 atom stereocenters. The Bertz CT molecular complexity index is 1350. The summed E-state index contributed by atoms with van der Waals surface area (Å²) in [5.74, 6) is -0.562. The molecule has 3 N–H and O–H groups in total. The Morgan fingerprint density at radius 1 is 0.889 bits per heavy atom. The van der Waals surface area contributed by atoms with E-state index in [-0.39, 0.29) is 35.6 Å². The third-order valence-electron chi connectivity index (χ3n) is 5.16. The fourth-order valence-corrected chi connectivity index (χ4v) is 3.38. The lowest BCUT2D eigenvalue weighted by Crippen LogP contribution is -2.29. The van der Waals surface area contributed by atoms with Crippen molar-refractivity contribution < 1.29 is 15.0 Å². The molecule has 3 rings (SSSR count). The van der Waals surface area contributed by atoms with Crippen LogP contribution < -0.4 is 10.2 Å². The molecule has 0 aromatic heterocycles. The molecule has 0 fully saturated rings. The topological polar surface area (TPSA) is 169 Å². The second kappa shape index (κ2) is 12.4. The Labute approximate surface area is 207 Å². The summed E-state index contributed by atoms with van der Waals surface area (Å²) in [7, 11) is 0. The van der Waals surface area contributed by atoms with Crippen LogP contribution >= 0.6 is 0 Å². The van der Waals surface area contributed by atoms with Gasteiger partial charge in [0.05, 0.1) is 41.4 Å². The molecule has 2 aromatic rings. The second-order valence-electron chi connectivity index (χ2n) is 7.40. The van der Waals surface area contributed by atoms with Crippen molar-refractivity contribution in [2.45, 2.75) is 0 Å². The molecule has 0 unspecified atom stereocenters. The highest BCUT2D eigenvalue weighted by atomic mass is 16.3. The van der Waals surface area contributed by atoms with Crippen molar-refractivity contribution in [1.82, 2.24) is 5.32 Å². The predicted molar refractivity (Wildman–Crippen MR) is 132 cm³/mol. The highest BCUT2D eigenvalue weighted by molar-refractivity contribution is 6.05. The zero-order chi connectivity index (χ0) is 25.9. The normalized spacial score (nSPS) is 13.0. The van der Waals surface area contributed by atoms with E-state index >= 15 is 0 Å². The number of hydrogen-bond acceptors (Lipinski definition) is 9. The third-order valence-corrected chi connectivity index (χ3v) is 5.16. The maximum atomic E-state index is 12.2. The summed E-state index contributed by atoms with van der Waals surface area (Å²) >= 11 is 0. The first-order valence-corrected chi connectivity index (χ1v) is 10.8. The average Bonchev–Trinajstić information content (AvgIpc) is 3.22. The smallest absolute Gasteiger partial charge is 0.257 e. The minimum absolute atomic E-state index is 0.0155. The number of azo groups is 1. The number of aliphatic hydroxyl groups is 2. The van der Waals surface area contributed by atoms with Gasteiger partial charge >= 0.3 is 0 Å². The molecule has 10 heteroatoms. The first-order chi connectivity index (χ1) is 17.5. The van der Waals surface area contributed by atoms with Crippen LogP contribution in [-0.2, 0) is 4.79 Å². The molecule has 178 valence electrons. The Kier molecular flexibility index (Phi) is 8.80. The molecule has 1 heterocycles. The summed E-state index contributed by atoms with van der Waals surface area (Å²) in [5, 5.41) is 56.6. The summed E-state index contributed by atoms with van der Waals surface area (Å²) in [6.07, 6.45) is 3.10. The van der Waals surface area contributed by atoms with Crippen LogP contribution in [0.4, 0.5) is 17.1 Å². The van der Waals surface area contributed by atoms with E-state index in [9.17, 15) is 10.1 Å². The Balaban J connectivity index is 1.72. The number of nitrogens with zero attached hydrogens (tertiary/aromatic N) is 6. The molecular formula is C26H21N7O3. The molecule has 10 nitrogen and oxygen atoms in total. The van der Waals surface area contributed by atoms with Gasteiger partial charge in [0.2, 0.25) is 0 Å². The van der Waals surface area contributed by atoms with Crippen LogP contribution in [0.1, 0.15) is 5.56 Å². The second-order valence-corrected chi connectivity index (χ2v) is 7.40. The van der Waals surface area contributed by atoms with Crippen LogP contribution in [0, 0.1) is 34.0 Å². The van der Waals surface area contributed by atoms with Gasteiger partial charge in [-0.05, 0) is 48.0 Å². The van der Waals surface area contributed by atoms with Gasteiger partial charge in [-0.2, -0.15) is 26.0 Å². The molecule has 0 aliphatic carbocycles. The van der Waals surface area contributed by atoms with Gasteiger partial charge in [0.15, 0.2) is 5.57 Å². The number of rotatable bonds is 9. The fraction of sp³-hybridized carbons (Fsp3) is 0.154. The Morgan fingerprint density at radius 2 is 1.44 bits per heavy atom. The van der Waals surface area contributed by atoms with E-state index in [4.69, 9.17) is 20.7 Å². The van der Waals surface area contributed by atoms with Gasteiger partial charge in [-0.3, -0.25) is 4.79 Å².